The van der Waals surface area contributed by atoms with E-state index in [-0.39, 0.29) is 17.9 Å². The largest absolute Gasteiger partial charge is 0.483 e. The third-order valence-electron chi connectivity index (χ3n) is 5.74. The molecule has 6 atom stereocenters. The van der Waals surface area contributed by atoms with Crippen molar-refractivity contribution in [3.05, 3.63) is 40.9 Å². The van der Waals surface area contributed by atoms with E-state index in [1.807, 2.05) is 0 Å². The Bertz CT molecular complexity index is 1160. The van der Waals surface area contributed by atoms with Crippen LogP contribution in [0.1, 0.15) is 13.8 Å². The summed E-state index contributed by atoms with van der Waals surface area (Å²) < 4.78 is 27.6. The van der Waals surface area contributed by atoms with Crippen molar-refractivity contribution in [2.45, 2.75) is 56.3 Å². The van der Waals surface area contributed by atoms with E-state index >= 15 is 0 Å². The summed E-state index contributed by atoms with van der Waals surface area (Å²) in [5.41, 5.74) is -1.46. The van der Waals surface area contributed by atoms with Gasteiger partial charge in [0.25, 0.3) is 0 Å². The Morgan fingerprint density at radius 2 is 1.79 bits per heavy atom. The molecule has 11 nitrogen and oxygen atoms in total. The van der Waals surface area contributed by atoms with Crippen LogP contribution in [-0.2, 0) is 9.47 Å². The van der Waals surface area contributed by atoms with Gasteiger partial charge in [0.05, 0.1) is 18.5 Å². The van der Waals surface area contributed by atoms with Gasteiger partial charge in [0, 0.05) is 16.8 Å². The van der Waals surface area contributed by atoms with E-state index in [0.717, 1.165) is 0 Å². The lowest BCUT2D eigenvalue weighted by molar-refractivity contribution is -0.332. The predicted molar refractivity (Wildman–Crippen MR) is 113 cm³/mol. The highest BCUT2D eigenvalue weighted by Crippen LogP contribution is 2.35. The Hall–Kier alpha value is -2.51. The van der Waals surface area contributed by atoms with Crippen LogP contribution in [0.3, 0.4) is 0 Å². The molecule has 3 aromatic rings. The van der Waals surface area contributed by atoms with Crippen molar-refractivity contribution in [1.82, 2.24) is 0 Å². The standard InChI is InChI=1S/C22H26O11/c1-22(2,33-21-17(28)16(27)15(26)12(8-23)31-21)13(24)9-30-20-18-11(5-6-29-18)7-10-3-4-14(25)32-19(10)20/h3-7,12-13,15-17,21,23-24,26-28H,8-9H2,1-2H3/t12-,13-,15-,16+,17-,21+/m1/s1. The summed E-state index contributed by atoms with van der Waals surface area (Å²) in [6.45, 7) is 2.09. The first kappa shape index (κ1) is 23.6. The van der Waals surface area contributed by atoms with E-state index in [0.29, 0.717) is 16.4 Å². The molecule has 4 rings (SSSR count). The van der Waals surface area contributed by atoms with Crippen molar-refractivity contribution in [2.24, 2.45) is 0 Å². The van der Waals surface area contributed by atoms with Gasteiger partial charge in [0.15, 0.2) is 17.5 Å². The fourth-order valence-corrected chi connectivity index (χ4v) is 3.64. The first-order chi connectivity index (χ1) is 15.6. The summed E-state index contributed by atoms with van der Waals surface area (Å²) in [6, 6.07) is 6.36. The topological polar surface area (TPSA) is 172 Å². The van der Waals surface area contributed by atoms with Gasteiger partial charge in [-0.1, -0.05) is 0 Å². The van der Waals surface area contributed by atoms with E-state index < -0.39 is 54.6 Å². The molecule has 11 heteroatoms. The van der Waals surface area contributed by atoms with Crippen LogP contribution >= 0.6 is 0 Å². The second-order valence-electron chi connectivity index (χ2n) is 8.46. The molecule has 1 aliphatic rings. The van der Waals surface area contributed by atoms with Gasteiger partial charge in [0.2, 0.25) is 5.75 Å². The molecule has 1 aromatic carbocycles. The van der Waals surface area contributed by atoms with Gasteiger partial charge in [-0.15, -0.1) is 0 Å². The van der Waals surface area contributed by atoms with E-state index in [1.165, 1.54) is 26.2 Å². The van der Waals surface area contributed by atoms with Gasteiger partial charge >= 0.3 is 5.63 Å². The molecule has 0 amide bonds. The zero-order valence-electron chi connectivity index (χ0n) is 18.0. The van der Waals surface area contributed by atoms with Gasteiger partial charge in [-0.3, -0.25) is 0 Å². The number of hydrogen-bond acceptors (Lipinski definition) is 11. The fourth-order valence-electron chi connectivity index (χ4n) is 3.64. The van der Waals surface area contributed by atoms with E-state index in [4.69, 9.17) is 23.0 Å². The fraction of sp³-hybridized carbons (Fsp3) is 0.500. The number of benzene rings is 1. The summed E-state index contributed by atoms with van der Waals surface area (Å²) in [4.78, 5) is 11.7. The van der Waals surface area contributed by atoms with Gasteiger partial charge < -0.3 is 48.6 Å². The number of rotatable bonds is 7. The molecule has 3 heterocycles. The number of ether oxygens (including phenoxy) is 3. The minimum atomic E-state index is -1.62. The molecule has 33 heavy (non-hydrogen) atoms. The normalized spacial score (nSPS) is 27.2. The van der Waals surface area contributed by atoms with Crippen molar-refractivity contribution >= 4 is 21.9 Å². The average molecular weight is 466 g/mol. The minimum Gasteiger partial charge on any atom is -0.483 e. The molecule has 0 saturated carbocycles. The number of fused-ring (bicyclic) bond motifs is 2. The van der Waals surface area contributed by atoms with E-state index in [1.54, 1.807) is 18.2 Å². The van der Waals surface area contributed by atoms with E-state index in [2.05, 4.69) is 0 Å². The van der Waals surface area contributed by atoms with Crippen molar-refractivity contribution in [1.29, 1.82) is 0 Å². The summed E-state index contributed by atoms with van der Waals surface area (Å²) in [7, 11) is 0. The smallest absolute Gasteiger partial charge is 0.336 e. The van der Waals surface area contributed by atoms with Gasteiger partial charge in [0.1, 0.15) is 37.1 Å². The van der Waals surface area contributed by atoms with Crippen LogP contribution in [0.15, 0.2) is 44.2 Å². The maximum Gasteiger partial charge on any atom is 0.336 e. The number of hydrogen-bond donors (Lipinski definition) is 5. The number of furan rings is 1. The number of aliphatic hydroxyl groups is 5. The molecule has 0 bridgehead atoms. The number of aliphatic hydroxyl groups excluding tert-OH is 5. The van der Waals surface area contributed by atoms with E-state index in [9.17, 15) is 30.3 Å². The van der Waals surface area contributed by atoms with Crippen LogP contribution < -0.4 is 10.4 Å². The summed E-state index contributed by atoms with van der Waals surface area (Å²) in [5, 5.41) is 51.5. The van der Waals surface area contributed by atoms with Gasteiger partial charge in [-0.25, -0.2) is 4.79 Å². The molecule has 0 radical (unpaired) electrons. The van der Waals surface area contributed by atoms with Crippen LogP contribution in [0.25, 0.3) is 21.9 Å². The maximum atomic E-state index is 11.7. The summed E-state index contributed by atoms with van der Waals surface area (Å²) in [6.07, 6.45) is -7.18. The van der Waals surface area contributed by atoms with Crippen LogP contribution in [-0.4, -0.2) is 81.2 Å². The first-order valence-corrected chi connectivity index (χ1v) is 10.4. The maximum absolute atomic E-state index is 11.7. The molecule has 0 unspecified atom stereocenters. The highest BCUT2D eigenvalue weighted by molar-refractivity contribution is 5.99. The highest BCUT2D eigenvalue weighted by atomic mass is 16.7. The second kappa shape index (κ2) is 9.03. The highest BCUT2D eigenvalue weighted by Gasteiger charge is 2.47. The third kappa shape index (κ3) is 4.49. The zero-order chi connectivity index (χ0) is 23.9. The average Bonchev–Trinajstić information content (AvgIpc) is 3.25. The molecule has 0 aliphatic carbocycles. The Kier molecular flexibility index (Phi) is 6.47. The van der Waals surface area contributed by atoms with Crippen LogP contribution in [0.2, 0.25) is 0 Å². The van der Waals surface area contributed by atoms with Crippen LogP contribution in [0.5, 0.6) is 5.75 Å². The van der Waals surface area contributed by atoms with Crippen molar-refractivity contribution in [3.8, 4) is 5.75 Å². The van der Waals surface area contributed by atoms with Crippen molar-refractivity contribution in [2.75, 3.05) is 13.2 Å². The molecule has 1 fully saturated rings. The Morgan fingerprint density at radius 1 is 1.06 bits per heavy atom. The molecule has 1 saturated heterocycles. The van der Waals surface area contributed by atoms with Crippen LogP contribution in [0.4, 0.5) is 0 Å². The second-order valence-corrected chi connectivity index (χ2v) is 8.46. The SMILES string of the molecule is CC(C)(O[C@@H]1O[C@H](CO)[C@@H](O)[C@H](O)[C@H]1O)[C@H](O)COc1c2occc2cc2ccc(=O)oc12. The molecule has 5 N–H and O–H groups in total. The van der Waals surface area contributed by atoms with Crippen molar-refractivity contribution in [3.63, 3.8) is 0 Å². The molecular weight excluding hydrogens is 440 g/mol. The summed E-state index contributed by atoms with van der Waals surface area (Å²) in [5.74, 6) is 0.132. The molecule has 0 spiro atoms. The Labute approximate surface area is 187 Å². The summed E-state index contributed by atoms with van der Waals surface area (Å²) >= 11 is 0. The lowest BCUT2D eigenvalue weighted by atomic mass is 9.98. The molecule has 2 aromatic heterocycles. The lowest BCUT2D eigenvalue weighted by Gasteiger charge is -2.43. The predicted octanol–water partition coefficient (Wildman–Crippen LogP) is -0.126. The third-order valence-corrected chi connectivity index (χ3v) is 5.74. The monoisotopic (exact) mass is 466 g/mol. The Morgan fingerprint density at radius 3 is 2.52 bits per heavy atom. The Balaban J connectivity index is 1.53. The molecule has 1 aliphatic heterocycles. The zero-order valence-corrected chi connectivity index (χ0v) is 18.0. The van der Waals surface area contributed by atoms with Gasteiger partial charge in [-0.05, 0) is 32.0 Å². The lowest BCUT2D eigenvalue weighted by Crippen LogP contribution is -2.61. The minimum absolute atomic E-state index is 0.132. The first-order valence-electron chi connectivity index (χ1n) is 10.4. The van der Waals surface area contributed by atoms with Crippen LogP contribution in [0, 0.1) is 0 Å². The molecular formula is C22H26O11. The quantitative estimate of drug-likeness (QED) is 0.294. The van der Waals surface area contributed by atoms with Gasteiger partial charge in [-0.2, -0.15) is 0 Å². The molecule has 180 valence electrons. The van der Waals surface area contributed by atoms with Crippen molar-refractivity contribution < 1.29 is 48.6 Å².